The molecule has 1 atom stereocenters. The van der Waals surface area contributed by atoms with Gasteiger partial charge < -0.3 is 10.5 Å². The molecule has 0 saturated carbocycles. The number of hydrogen-bond acceptors (Lipinski definition) is 2. The van der Waals surface area contributed by atoms with E-state index in [4.69, 9.17) is 0 Å². The van der Waals surface area contributed by atoms with Gasteiger partial charge in [0.15, 0.2) is 12.4 Å². The zero-order valence-electron chi connectivity index (χ0n) is 11.6. The molecule has 0 bridgehead atoms. The van der Waals surface area contributed by atoms with Crippen molar-refractivity contribution >= 4 is 5.91 Å². The molecule has 1 aromatic carbocycles. The number of amides is 1. The number of rotatable bonds is 3. The molecular weight excluding hydrogens is 297 g/mol. The summed E-state index contributed by atoms with van der Waals surface area (Å²) in [7, 11) is 0. The Hall–Kier alpha value is -2.57. The highest BCUT2D eigenvalue weighted by Gasteiger charge is 2.30. The number of aromatic nitrogens is 1. The maximum absolute atomic E-state index is 12.7. The predicted molar refractivity (Wildman–Crippen MR) is 72.7 cm³/mol. The van der Waals surface area contributed by atoms with Crippen LogP contribution in [-0.2, 0) is 6.18 Å². The van der Waals surface area contributed by atoms with E-state index in [1.165, 1.54) is 30.5 Å². The van der Waals surface area contributed by atoms with Crippen molar-refractivity contribution in [3.05, 3.63) is 70.7 Å². The lowest BCUT2D eigenvalue weighted by Crippen LogP contribution is -2.31. The Morgan fingerprint density at radius 2 is 2.00 bits per heavy atom. The van der Waals surface area contributed by atoms with Gasteiger partial charge in [-0.3, -0.25) is 4.79 Å². The standard InChI is InChI=1S/C15H13F3N2O2/c1-10(11-4-2-6-13(8-11)15(16,17)18)19-14(21)12-5-3-7-20(22)9-12/h2-10H,1H3,(H,19,21)/t10-/m1/s1. The maximum Gasteiger partial charge on any atom is 0.416 e. The summed E-state index contributed by atoms with van der Waals surface area (Å²) >= 11 is 0. The molecular formula is C15H13F3N2O2. The third kappa shape index (κ3) is 3.75. The lowest BCUT2D eigenvalue weighted by Gasteiger charge is -2.16. The van der Waals surface area contributed by atoms with Crippen LogP contribution >= 0.6 is 0 Å². The first-order valence-electron chi connectivity index (χ1n) is 6.44. The van der Waals surface area contributed by atoms with E-state index in [1.54, 1.807) is 6.92 Å². The number of nitrogens with zero attached hydrogens (tertiary/aromatic N) is 1. The molecule has 1 N–H and O–H groups in total. The van der Waals surface area contributed by atoms with E-state index in [1.807, 2.05) is 0 Å². The van der Waals surface area contributed by atoms with Crippen LogP contribution in [0.2, 0.25) is 0 Å². The van der Waals surface area contributed by atoms with Crippen LogP contribution in [0.15, 0.2) is 48.8 Å². The predicted octanol–water partition coefficient (Wildman–Crippen LogP) is 2.83. The zero-order valence-corrected chi connectivity index (χ0v) is 11.6. The van der Waals surface area contributed by atoms with E-state index < -0.39 is 23.7 Å². The minimum atomic E-state index is -4.44. The van der Waals surface area contributed by atoms with Crippen molar-refractivity contribution in [1.82, 2.24) is 5.32 Å². The monoisotopic (exact) mass is 310 g/mol. The van der Waals surface area contributed by atoms with Crippen molar-refractivity contribution in [1.29, 1.82) is 0 Å². The molecule has 1 aromatic heterocycles. The summed E-state index contributed by atoms with van der Waals surface area (Å²) in [5.41, 5.74) is -0.311. The Kier molecular flexibility index (Phi) is 4.35. The average Bonchev–Trinajstić information content (AvgIpc) is 2.46. The van der Waals surface area contributed by atoms with E-state index in [0.717, 1.165) is 18.3 Å². The van der Waals surface area contributed by atoms with Crippen molar-refractivity contribution in [2.45, 2.75) is 19.1 Å². The molecule has 22 heavy (non-hydrogen) atoms. The van der Waals surface area contributed by atoms with Crippen molar-refractivity contribution < 1.29 is 22.7 Å². The van der Waals surface area contributed by atoms with Gasteiger partial charge in [-0.2, -0.15) is 17.9 Å². The minimum Gasteiger partial charge on any atom is -0.619 e. The van der Waals surface area contributed by atoms with Crippen molar-refractivity contribution in [2.75, 3.05) is 0 Å². The number of benzene rings is 1. The van der Waals surface area contributed by atoms with Gasteiger partial charge in [-0.05, 0) is 30.7 Å². The maximum atomic E-state index is 12.7. The summed E-state index contributed by atoms with van der Waals surface area (Å²) in [6.07, 6.45) is -2.12. The van der Waals surface area contributed by atoms with E-state index in [9.17, 15) is 23.2 Å². The van der Waals surface area contributed by atoms with Gasteiger partial charge in [0.25, 0.3) is 5.91 Å². The smallest absolute Gasteiger partial charge is 0.416 e. The van der Waals surface area contributed by atoms with Crippen LogP contribution in [0, 0.1) is 5.21 Å². The second kappa shape index (κ2) is 6.05. The van der Waals surface area contributed by atoms with Crippen molar-refractivity contribution in [3.63, 3.8) is 0 Å². The van der Waals surface area contributed by atoms with E-state index in [-0.39, 0.29) is 5.56 Å². The van der Waals surface area contributed by atoms with Crippen LogP contribution in [0.25, 0.3) is 0 Å². The Morgan fingerprint density at radius 3 is 2.64 bits per heavy atom. The number of carbonyl (C=O) groups is 1. The molecule has 0 aliphatic rings. The van der Waals surface area contributed by atoms with Gasteiger partial charge >= 0.3 is 6.18 Å². The number of carbonyl (C=O) groups excluding carboxylic acids is 1. The Morgan fingerprint density at radius 1 is 1.27 bits per heavy atom. The molecule has 1 heterocycles. The molecule has 4 nitrogen and oxygen atoms in total. The number of halogens is 3. The van der Waals surface area contributed by atoms with Crippen LogP contribution in [-0.4, -0.2) is 5.91 Å². The molecule has 0 aliphatic heterocycles. The molecule has 116 valence electrons. The van der Waals surface area contributed by atoms with Crippen LogP contribution in [0.1, 0.15) is 34.5 Å². The molecule has 0 spiro atoms. The van der Waals surface area contributed by atoms with Crippen LogP contribution in [0.5, 0.6) is 0 Å². The second-order valence-corrected chi connectivity index (χ2v) is 4.77. The average molecular weight is 310 g/mol. The van der Waals surface area contributed by atoms with Gasteiger partial charge in [0.05, 0.1) is 11.6 Å². The Bertz CT molecular complexity index is 686. The van der Waals surface area contributed by atoms with Gasteiger partial charge in [-0.1, -0.05) is 12.1 Å². The molecule has 1 amide bonds. The molecule has 2 rings (SSSR count). The van der Waals surface area contributed by atoms with Crippen LogP contribution in [0.4, 0.5) is 13.2 Å². The van der Waals surface area contributed by atoms with E-state index >= 15 is 0 Å². The normalized spacial score (nSPS) is 12.7. The third-order valence-corrected chi connectivity index (χ3v) is 3.10. The number of pyridine rings is 1. The fourth-order valence-electron chi connectivity index (χ4n) is 1.94. The van der Waals surface area contributed by atoms with Gasteiger partial charge in [-0.25, -0.2) is 0 Å². The quantitative estimate of drug-likeness (QED) is 0.700. The topological polar surface area (TPSA) is 56.0 Å². The van der Waals surface area contributed by atoms with Gasteiger partial charge in [0.2, 0.25) is 0 Å². The fourth-order valence-corrected chi connectivity index (χ4v) is 1.94. The summed E-state index contributed by atoms with van der Waals surface area (Å²) in [5.74, 6) is -0.532. The van der Waals surface area contributed by atoms with E-state index in [2.05, 4.69) is 5.32 Å². The Balaban J connectivity index is 2.15. The molecule has 0 saturated heterocycles. The lowest BCUT2D eigenvalue weighted by atomic mass is 10.0. The van der Waals surface area contributed by atoms with Gasteiger partial charge in [0.1, 0.15) is 5.56 Å². The first-order valence-corrected chi connectivity index (χ1v) is 6.44. The number of hydrogen-bond donors (Lipinski definition) is 1. The first-order chi connectivity index (χ1) is 10.3. The zero-order chi connectivity index (χ0) is 16.3. The highest BCUT2D eigenvalue weighted by atomic mass is 19.4. The highest BCUT2D eigenvalue weighted by Crippen LogP contribution is 2.30. The molecule has 0 radical (unpaired) electrons. The summed E-state index contributed by atoms with van der Waals surface area (Å²) in [6.45, 7) is 1.57. The molecule has 0 fully saturated rings. The third-order valence-electron chi connectivity index (χ3n) is 3.10. The minimum absolute atomic E-state index is 0.135. The number of alkyl halides is 3. The summed E-state index contributed by atoms with van der Waals surface area (Å²) in [5, 5.41) is 13.7. The molecule has 0 aliphatic carbocycles. The fraction of sp³-hybridized carbons (Fsp3) is 0.200. The SMILES string of the molecule is C[C@@H](NC(=O)c1ccc[n+]([O-])c1)c1cccc(C(F)(F)F)c1. The van der Waals surface area contributed by atoms with Crippen molar-refractivity contribution in [2.24, 2.45) is 0 Å². The summed E-state index contributed by atoms with van der Waals surface area (Å²) in [6, 6.07) is 6.97. The molecule has 7 heteroatoms. The molecule has 2 aromatic rings. The largest absolute Gasteiger partial charge is 0.619 e. The molecule has 0 unspecified atom stereocenters. The summed E-state index contributed by atoms with van der Waals surface area (Å²) in [4.78, 5) is 12.0. The van der Waals surface area contributed by atoms with Crippen LogP contribution < -0.4 is 10.0 Å². The van der Waals surface area contributed by atoms with Crippen LogP contribution in [0.3, 0.4) is 0 Å². The Labute approximate surface area is 124 Å². The van der Waals surface area contributed by atoms with Crippen molar-refractivity contribution in [3.8, 4) is 0 Å². The van der Waals surface area contributed by atoms with Gasteiger partial charge in [0, 0.05) is 6.07 Å². The lowest BCUT2D eigenvalue weighted by molar-refractivity contribution is -0.605. The summed E-state index contributed by atoms with van der Waals surface area (Å²) < 4.78 is 38.5. The first kappa shape index (κ1) is 15.8. The highest BCUT2D eigenvalue weighted by molar-refractivity contribution is 5.93. The number of nitrogens with one attached hydrogen (secondary N) is 1. The second-order valence-electron chi connectivity index (χ2n) is 4.77. The van der Waals surface area contributed by atoms with E-state index in [0.29, 0.717) is 10.3 Å². The van der Waals surface area contributed by atoms with Gasteiger partial charge in [-0.15, -0.1) is 0 Å².